The van der Waals surface area contributed by atoms with Crippen molar-refractivity contribution in [2.24, 2.45) is 0 Å². The maximum atomic E-state index is 14.0. The highest BCUT2D eigenvalue weighted by atomic mass is 19.1. The summed E-state index contributed by atoms with van der Waals surface area (Å²) >= 11 is 0. The number of carbonyl (C=O) groups is 1. The van der Waals surface area contributed by atoms with Gasteiger partial charge in [-0.2, -0.15) is 5.10 Å². The molecule has 1 aromatic heterocycles. The summed E-state index contributed by atoms with van der Waals surface area (Å²) in [5.74, 6) is -0.396. The molecule has 1 amide bonds. The van der Waals surface area contributed by atoms with E-state index in [0.717, 1.165) is 29.8 Å². The van der Waals surface area contributed by atoms with E-state index in [1.165, 1.54) is 6.07 Å². The van der Waals surface area contributed by atoms with Gasteiger partial charge in [-0.05, 0) is 55.7 Å². The van der Waals surface area contributed by atoms with Crippen molar-refractivity contribution < 1.29 is 9.18 Å². The number of para-hydroxylation sites is 1. The molecule has 0 bridgehead atoms. The van der Waals surface area contributed by atoms with E-state index in [9.17, 15) is 9.18 Å². The molecule has 0 saturated heterocycles. The van der Waals surface area contributed by atoms with Crippen molar-refractivity contribution >= 4 is 11.6 Å². The number of hydrogen-bond donors (Lipinski definition) is 1. The van der Waals surface area contributed by atoms with Gasteiger partial charge in [0.25, 0.3) is 5.91 Å². The van der Waals surface area contributed by atoms with Crippen LogP contribution in [0.2, 0.25) is 0 Å². The smallest absolute Gasteiger partial charge is 0.274 e. The first-order valence-electron chi connectivity index (χ1n) is 8.35. The fourth-order valence-corrected chi connectivity index (χ4v) is 2.83. The number of carbonyl (C=O) groups excluding carboxylic acids is 1. The topological polar surface area (TPSA) is 46.9 Å². The van der Waals surface area contributed by atoms with Crippen LogP contribution in [0, 0.1) is 12.7 Å². The summed E-state index contributed by atoms with van der Waals surface area (Å²) in [6.45, 7) is 1.86. The molecule has 1 aliphatic carbocycles. The second-order valence-corrected chi connectivity index (χ2v) is 6.41. The standard InChI is InChI=1S/C20H18FN3O/c1-13-7-10-16(21)18(11-13)22-20(25)19-12-17(14-8-9-14)23-24(19)15-5-3-2-4-6-15/h2-7,10-12,14H,8-9H2,1H3,(H,22,25). The van der Waals surface area contributed by atoms with Gasteiger partial charge in [0, 0.05) is 5.92 Å². The van der Waals surface area contributed by atoms with Gasteiger partial charge in [-0.15, -0.1) is 0 Å². The van der Waals surface area contributed by atoms with Crippen molar-refractivity contribution in [3.8, 4) is 5.69 Å². The van der Waals surface area contributed by atoms with Crippen LogP contribution >= 0.6 is 0 Å². The molecule has 1 fully saturated rings. The summed E-state index contributed by atoms with van der Waals surface area (Å²) in [5, 5.41) is 7.28. The lowest BCUT2D eigenvalue weighted by Gasteiger charge is -2.09. The summed E-state index contributed by atoms with van der Waals surface area (Å²) in [4.78, 5) is 12.8. The number of benzene rings is 2. The number of anilines is 1. The Bertz CT molecular complexity index is 929. The van der Waals surface area contributed by atoms with E-state index in [0.29, 0.717) is 11.6 Å². The highest BCUT2D eigenvalue weighted by Crippen LogP contribution is 2.39. The number of rotatable bonds is 4. The monoisotopic (exact) mass is 335 g/mol. The van der Waals surface area contributed by atoms with E-state index in [2.05, 4.69) is 10.4 Å². The molecular weight excluding hydrogens is 317 g/mol. The summed E-state index contributed by atoms with van der Waals surface area (Å²) in [5.41, 5.74) is 3.20. The second kappa shape index (κ2) is 6.16. The van der Waals surface area contributed by atoms with E-state index in [-0.39, 0.29) is 11.6 Å². The van der Waals surface area contributed by atoms with Crippen LogP contribution in [-0.4, -0.2) is 15.7 Å². The molecule has 4 nitrogen and oxygen atoms in total. The minimum Gasteiger partial charge on any atom is -0.318 e. The number of nitrogens with one attached hydrogen (secondary N) is 1. The van der Waals surface area contributed by atoms with Crippen molar-refractivity contribution in [3.63, 3.8) is 0 Å². The highest BCUT2D eigenvalue weighted by molar-refractivity contribution is 6.03. The molecule has 25 heavy (non-hydrogen) atoms. The van der Waals surface area contributed by atoms with Gasteiger partial charge in [0.1, 0.15) is 11.5 Å². The second-order valence-electron chi connectivity index (χ2n) is 6.41. The Morgan fingerprint density at radius 1 is 1.16 bits per heavy atom. The van der Waals surface area contributed by atoms with E-state index < -0.39 is 5.82 Å². The van der Waals surface area contributed by atoms with Crippen LogP contribution in [0.3, 0.4) is 0 Å². The Kier molecular flexibility index (Phi) is 3.84. The zero-order chi connectivity index (χ0) is 17.4. The van der Waals surface area contributed by atoms with Gasteiger partial charge in [-0.3, -0.25) is 4.79 Å². The average molecular weight is 335 g/mol. The molecule has 4 rings (SSSR count). The third kappa shape index (κ3) is 3.18. The van der Waals surface area contributed by atoms with Crippen molar-refractivity contribution in [2.75, 3.05) is 5.32 Å². The molecule has 2 aromatic carbocycles. The molecule has 0 spiro atoms. The van der Waals surface area contributed by atoms with Crippen molar-refractivity contribution in [2.45, 2.75) is 25.7 Å². The minimum atomic E-state index is -0.452. The predicted octanol–water partition coefficient (Wildman–Crippen LogP) is 4.45. The van der Waals surface area contributed by atoms with Gasteiger partial charge < -0.3 is 5.32 Å². The van der Waals surface area contributed by atoms with Gasteiger partial charge in [-0.25, -0.2) is 9.07 Å². The molecular formula is C20H18FN3O. The lowest BCUT2D eigenvalue weighted by molar-refractivity contribution is 0.101. The molecule has 1 heterocycles. The Labute approximate surface area is 145 Å². The maximum absolute atomic E-state index is 14.0. The molecule has 0 atom stereocenters. The van der Waals surface area contributed by atoms with Crippen LogP contribution in [0.1, 0.15) is 40.5 Å². The first-order chi connectivity index (χ1) is 12.1. The molecule has 0 aliphatic heterocycles. The number of aromatic nitrogens is 2. The first-order valence-corrected chi connectivity index (χ1v) is 8.35. The number of halogens is 1. The minimum absolute atomic E-state index is 0.179. The van der Waals surface area contributed by atoms with Crippen LogP contribution < -0.4 is 5.32 Å². The normalized spacial score (nSPS) is 13.7. The lowest BCUT2D eigenvalue weighted by Crippen LogP contribution is -2.17. The largest absolute Gasteiger partial charge is 0.318 e. The molecule has 126 valence electrons. The van der Waals surface area contributed by atoms with Gasteiger partial charge in [-0.1, -0.05) is 24.3 Å². The van der Waals surface area contributed by atoms with Gasteiger partial charge in [0.2, 0.25) is 0 Å². The number of nitrogens with zero attached hydrogens (tertiary/aromatic N) is 2. The third-order valence-corrected chi connectivity index (χ3v) is 4.33. The van der Waals surface area contributed by atoms with Crippen molar-refractivity contribution in [3.05, 3.63) is 77.4 Å². The van der Waals surface area contributed by atoms with Crippen LogP contribution in [-0.2, 0) is 0 Å². The molecule has 0 radical (unpaired) electrons. The van der Waals surface area contributed by atoms with Gasteiger partial charge in [0.05, 0.1) is 17.1 Å². The van der Waals surface area contributed by atoms with Crippen LogP contribution in [0.4, 0.5) is 10.1 Å². The summed E-state index contributed by atoms with van der Waals surface area (Å²) < 4.78 is 15.6. The van der Waals surface area contributed by atoms with E-state index in [4.69, 9.17) is 0 Å². The van der Waals surface area contributed by atoms with Gasteiger partial charge >= 0.3 is 0 Å². The molecule has 0 unspecified atom stereocenters. The number of aryl methyl sites for hydroxylation is 1. The molecule has 1 saturated carbocycles. The lowest BCUT2D eigenvalue weighted by atomic mass is 10.2. The van der Waals surface area contributed by atoms with E-state index in [1.54, 1.807) is 16.8 Å². The number of amides is 1. The Morgan fingerprint density at radius 2 is 1.92 bits per heavy atom. The summed E-state index contributed by atoms with van der Waals surface area (Å²) in [6, 6.07) is 16.0. The van der Waals surface area contributed by atoms with Crippen molar-refractivity contribution in [1.29, 1.82) is 0 Å². The van der Waals surface area contributed by atoms with Crippen LogP contribution in [0.15, 0.2) is 54.6 Å². The predicted molar refractivity (Wildman–Crippen MR) is 94.6 cm³/mol. The Morgan fingerprint density at radius 3 is 2.64 bits per heavy atom. The zero-order valence-corrected chi connectivity index (χ0v) is 13.9. The quantitative estimate of drug-likeness (QED) is 0.766. The zero-order valence-electron chi connectivity index (χ0n) is 13.9. The summed E-state index contributed by atoms with van der Waals surface area (Å²) in [6.07, 6.45) is 2.19. The highest BCUT2D eigenvalue weighted by Gasteiger charge is 2.29. The fraction of sp³-hybridized carbons (Fsp3) is 0.200. The molecule has 1 aliphatic rings. The number of hydrogen-bond acceptors (Lipinski definition) is 2. The van der Waals surface area contributed by atoms with E-state index >= 15 is 0 Å². The molecule has 3 aromatic rings. The Balaban J connectivity index is 1.71. The molecule has 1 N–H and O–H groups in total. The molecule has 5 heteroatoms. The Hall–Kier alpha value is -2.95. The first kappa shape index (κ1) is 15.6. The summed E-state index contributed by atoms with van der Waals surface area (Å²) in [7, 11) is 0. The van der Waals surface area contributed by atoms with Crippen LogP contribution in [0.25, 0.3) is 5.69 Å². The third-order valence-electron chi connectivity index (χ3n) is 4.33. The van der Waals surface area contributed by atoms with Crippen LogP contribution in [0.5, 0.6) is 0 Å². The maximum Gasteiger partial charge on any atom is 0.274 e. The fourth-order valence-electron chi connectivity index (χ4n) is 2.83. The van der Waals surface area contributed by atoms with Gasteiger partial charge in [0.15, 0.2) is 0 Å². The average Bonchev–Trinajstić information content (AvgIpc) is 3.37. The van der Waals surface area contributed by atoms with E-state index in [1.807, 2.05) is 43.3 Å². The SMILES string of the molecule is Cc1ccc(F)c(NC(=O)c2cc(C3CC3)nn2-c2ccccc2)c1. The van der Waals surface area contributed by atoms with Crippen molar-refractivity contribution in [1.82, 2.24) is 9.78 Å².